The molecule has 0 atom stereocenters. The Morgan fingerprint density at radius 3 is 2.53 bits per heavy atom. The van der Waals surface area contributed by atoms with E-state index >= 15 is 0 Å². The lowest BCUT2D eigenvalue weighted by Crippen LogP contribution is -1.93. The Hall–Kier alpha value is -1.96. The molecule has 0 fully saturated rings. The van der Waals surface area contributed by atoms with Crippen molar-refractivity contribution in [3.05, 3.63) is 70.8 Å². The fourth-order valence-electron chi connectivity index (χ4n) is 2.20. The predicted octanol–water partition coefficient (Wildman–Crippen LogP) is 4.06. The van der Waals surface area contributed by atoms with Gasteiger partial charge in [0.1, 0.15) is 0 Å². The van der Waals surface area contributed by atoms with Gasteiger partial charge in [-0.25, -0.2) is 8.78 Å². The van der Waals surface area contributed by atoms with Crippen LogP contribution in [0.15, 0.2) is 42.5 Å². The lowest BCUT2D eigenvalue weighted by molar-refractivity contribution is 0.506. The Kier molecular flexibility index (Phi) is 2.29. The Morgan fingerprint density at radius 1 is 0.882 bits per heavy atom. The van der Waals surface area contributed by atoms with Crippen molar-refractivity contribution in [2.75, 3.05) is 0 Å². The summed E-state index contributed by atoms with van der Waals surface area (Å²) in [5.41, 5.74) is 3.45. The summed E-state index contributed by atoms with van der Waals surface area (Å²) in [6, 6.07) is 12.2. The monoisotopic (exact) mass is 228 g/mol. The minimum Gasteiger partial charge on any atom is -0.204 e. The van der Waals surface area contributed by atoms with Gasteiger partial charge in [0.15, 0.2) is 11.6 Å². The predicted molar refractivity (Wildman–Crippen MR) is 64.4 cm³/mol. The van der Waals surface area contributed by atoms with E-state index in [0.717, 1.165) is 22.8 Å². The zero-order valence-electron chi connectivity index (χ0n) is 9.08. The molecule has 2 heteroatoms. The van der Waals surface area contributed by atoms with Gasteiger partial charge >= 0.3 is 0 Å². The molecule has 84 valence electrons. The fourth-order valence-corrected chi connectivity index (χ4v) is 2.20. The standard InChI is InChI=1S/C15H10F2/c16-14-7-3-6-13(15(14)17)12-8-10-4-1-2-5-11(10)9-12/h1-8H,9H2. The Labute approximate surface area is 98.2 Å². The largest absolute Gasteiger partial charge is 0.204 e. The number of hydrogen-bond donors (Lipinski definition) is 0. The normalized spacial score (nSPS) is 13.4. The Bertz CT molecular complexity index is 612. The van der Waals surface area contributed by atoms with Crippen LogP contribution >= 0.6 is 0 Å². The SMILES string of the molecule is Fc1cccc(C2=Cc3ccccc3C2)c1F. The van der Waals surface area contributed by atoms with Gasteiger partial charge in [0, 0.05) is 5.56 Å². The second-order valence-corrected chi connectivity index (χ2v) is 4.15. The van der Waals surface area contributed by atoms with Gasteiger partial charge in [0.2, 0.25) is 0 Å². The van der Waals surface area contributed by atoms with Crippen molar-refractivity contribution in [2.24, 2.45) is 0 Å². The molecule has 0 amide bonds. The third kappa shape index (κ3) is 1.66. The van der Waals surface area contributed by atoms with Crippen LogP contribution in [0.5, 0.6) is 0 Å². The van der Waals surface area contributed by atoms with Gasteiger partial charge in [-0.2, -0.15) is 0 Å². The van der Waals surface area contributed by atoms with Crippen molar-refractivity contribution in [3.8, 4) is 0 Å². The maximum Gasteiger partial charge on any atom is 0.166 e. The van der Waals surface area contributed by atoms with Crippen molar-refractivity contribution in [1.82, 2.24) is 0 Å². The van der Waals surface area contributed by atoms with Gasteiger partial charge < -0.3 is 0 Å². The van der Waals surface area contributed by atoms with E-state index in [1.807, 2.05) is 30.3 Å². The number of benzene rings is 2. The summed E-state index contributed by atoms with van der Waals surface area (Å²) in [7, 11) is 0. The first-order valence-electron chi connectivity index (χ1n) is 5.48. The lowest BCUT2D eigenvalue weighted by atomic mass is 10.0. The first-order chi connectivity index (χ1) is 8.25. The van der Waals surface area contributed by atoms with Crippen LogP contribution < -0.4 is 0 Å². The zero-order valence-corrected chi connectivity index (χ0v) is 9.08. The summed E-state index contributed by atoms with van der Waals surface area (Å²) in [5, 5.41) is 0. The number of rotatable bonds is 1. The molecule has 0 aliphatic heterocycles. The van der Waals surface area contributed by atoms with Crippen LogP contribution in [0.4, 0.5) is 8.78 Å². The highest BCUT2D eigenvalue weighted by molar-refractivity contribution is 5.88. The number of allylic oxidation sites excluding steroid dienone is 1. The topological polar surface area (TPSA) is 0 Å². The summed E-state index contributed by atoms with van der Waals surface area (Å²) in [4.78, 5) is 0. The van der Waals surface area contributed by atoms with E-state index in [0.29, 0.717) is 12.0 Å². The number of hydrogen-bond acceptors (Lipinski definition) is 0. The first kappa shape index (κ1) is 10.2. The van der Waals surface area contributed by atoms with E-state index in [9.17, 15) is 8.78 Å². The van der Waals surface area contributed by atoms with Crippen LogP contribution in [-0.4, -0.2) is 0 Å². The lowest BCUT2D eigenvalue weighted by Gasteiger charge is -2.04. The van der Waals surface area contributed by atoms with Crippen molar-refractivity contribution >= 4 is 11.6 Å². The molecule has 2 aromatic rings. The van der Waals surface area contributed by atoms with Gasteiger partial charge in [-0.15, -0.1) is 0 Å². The van der Waals surface area contributed by atoms with E-state index < -0.39 is 11.6 Å². The first-order valence-corrected chi connectivity index (χ1v) is 5.48. The molecule has 0 bridgehead atoms. The van der Waals surface area contributed by atoms with Gasteiger partial charge in [0.25, 0.3) is 0 Å². The second kappa shape index (κ2) is 3.81. The van der Waals surface area contributed by atoms with Crippen LogP contribution in [0.1, 0.15) is 16.7 Å². The maximum absolute atomic E-state index is 13.7. The summed E-state index contributed by atoms with van der Waals surface area (Å²) in [6.07, 6.45) is 2.59. The molecule has 0 unspecified atom stereocenters. The van der Waals surface area contributed by atoms with E-state index in [-0.39, 0.29) is 0 Å². The van der Waals surface area contributed by atoms with Gasteiger partial charge in [-0.3, -0.25) is 0 Å². The Balaban J connectivity index is 2.07. The molecule has 0 nitrogen and oxygen atoms in total. The molecular formula is C15H10F2. The van der Waals surface area contributed by atoms with Gasteiger partial charge in [-0.1, -0.05) is 42.5 Å². The molecule has 0 N–H and O–H groups in total. The highest BCUT2D eigenvalue weighted by Gasteiger charge is 2.17. The molecule has 0 aromatic heterocycles. The van der Waals surface area contributed by atoms with Crippen LogP contribution in [0.25, 0.3) is 11.6 Å². The second-order valence-electron chi connectivity index (χ2n) is 4.15. The van der Waals surface area contributed by atoms with Crippen molar-refractivity contribution < 1.29 is 8.78 Å². The molecule has 0 saturated heterocycles. The average molecular weight is 228 g/mol. The van der Waals surface area contributed by atoms with Gasteiger partial charge in [0.05, 0.1) is 0 Å². The molecule has 17 heavy (non-hydrogen) atoms. The maximum atomic E-state index is 13.7. The van der Waals surface area contributed by atoms with E-state index in [1.54, 1.807) is 6.07 Å². The Morgan fingerprint density at radius 2 is 1.71 bits per heavy atom. The third-order valence-electron chi connectivity index (χ3n) is 3.06. The van der Waals surface area contributed by atoms with E-state index in [4.69, 9.17) is 0 Å². The quantitative estimate of drug-likeness (QED) is 0.690. The van der Waals surface area contributed by atoms with Crippen LogP contribution in [-0.2, 0) is 6.42 Å². The van der Waals surface area contributed by atoms with Gasteiger partial charge in [-0.05, 0) is 29.2 Å². The van der Waals surface area contributed by atoms with Crippen molar-refractivity contribution in [2.45, 2.75) is 6.42 Å². The smallest absolute Gasteiger partial charge is 0.166 e. The van der Waals surface area contributed by atoms with Crippen molar-refractivity contribution in [1.29, 1.82) is 0 Å². The molecule has 0 saturated carbocycles. The third-order valence-corrected chi connectivity index (χ3v) is 3.06. The molecule has 0 heterocycles. The average Bonchev–Trinajstić information content (AvgIpc) is 2.76. The minimum atomic E-state index is -0.792. The molecule has 1 aliphatic carbocycles. The summed E-state index contributed by atoms with van der Waals surface area (Å²) in [5.74, 6) is -1.55. The number of halogens is 2. The van der Waals surface area contributed by atoms with Crippen LogP contribution in [0.2, 0.25) is 0 Å². The van der Waals surface area contributed by atoms with E-state index in [2.05, 4.69) is 0 Å². The molecule has 0 radical (unpaired) electrons. The minimum absolute atomic E-state index is 0.362. The summed E-state index contributed by atoms with van der Waals surface area (Å²) in [6.45, 7) is 0. The zero-order chi connectivity index (χ0) is 11.8. The summed E-state index contributed by atoms with van der Waals surface area (Å²) < 4.78 is 26.8. The summed E-state index contributed by atoms with van der Waals surface area (Å²) >= 11 is 0. The van der Waals surface area contributed by atoms with E-state index in [1.165, 1.54) is 6.07 Å². The van der Waals surface area contributed by atoms with Crippen molar-refractivity contribution in [3.63, 3.8) is 0 Å². The number of fused-ring (bicyclic) bond motifs is 1. The highest BCUT2D eigenvalue weighted by atomic mass is 19.2. The molecule has 2 aromatic carbocycles. The molecule has 3 rings (SSSR count). The van der Waals surface area contributed by atoms with Crippen LogP contribution in [0.3, 0.4) is 0 Å². The molecular weight excluding hydrogens is 218 g/mol. The highest BCUT2D eigenvalue weighted by Crippen LogP contribution is 2.32. The molecule has 1 aliphatic rings. The fraction of sp³-hybridized carbons (Fsp3) is 0.0667. The van der Waals surface area contributed by atoms with Crippen LogP contribution in [0, 0.1) is 11.6 Å². The molecule has 0 spiro atoms.